The average Bonchev–Trinajstić information content (AvgIpc) is 2.80. The van der Waals surface area contributed by atoms with Crippen LogP contribution in [-0.4, -0.2) is 18.0 Å². The number of benzene rings is 1. The SMILES string of the molecule is COC(=O)c1c(-c2ccc(F)c([N+](=O)[O-])c2)csc1N. The number of nitrogens with two attached hydrogens (primary N) is 1. The summed E-state index contributed by atoms with van der Waals surface area (Å²) in [5.74, 6) is -1.59. The second-order valence-electron chi connectivity index (χ2n) is 3.80. The van der Waals surface area contributed by atoms with Crippen molar-refractivity contribution in [2.45, 2.75) is 0 Å². The molecule has 0 fully saturated rings. The van der Waals surface area contributed by atoms with Crippen LogP contribution in [0.2, 0.25) is 0 Å². The fourth-order valence-corrected chi connectivity index (χ4v) is 2.53. The third-order valence-corrected chi connectivity index (χ3v) is 3.47. The molecule has 8 heteroatoms. The molecule has 1 heterocycles. The number of esters is 1. The van der Waals surface area contributed by atoms with E-state index in [-0.39, 0.29) is 10.6 Å². The maximum atomic E-state index is 13.3. The number of nitro benzene ring substituents is 1. The molecule has 2 rings (SSSR count). The highest BCUT2D eigenvalue weighted by molar-refractivity contribution is 7.14. The fourth-order valence-electron chi connectivity index (χ4n) is 1.72. The summed E-state index contributed by atoms with van der Waals surface area (Å²) in [6.45, 7) is 0. The number of nitrogen functional groups attached to an aromatic ring is 1. The Balaban J connectivity index is 2.61. The third-order valence-electron chi connectivity index (χ3n) is 2.66. The molecule has 104 valence electrons. The fraction of sp³-hybridized carbons (Fsp3) is 0.0833. The molecule has 0 unspecified atom stereocenters. The predicted octanol–water partition coefficient (Wildman–Crippen LogP) is 2.83. The molecule has 6 nitrogen and oxygen atoms in total. The molecule has 20 heavy (non-hydrogen) atoms. The van der Waals surface area contributed by atoms with Gasteiger partial charge < -0.3 is 10.5 Å². The monoisotopic (exact) mass is 296 g/mol. The van der Waals surface area contributed by atoms with Crippen LogP contribution in [0.3, 0.4) is 0 Å². The minimum absolute atomic E-state index is 0.124. The standard InChI is InChI=1S/C12H9FN2O4S/c1-19-12(16)10-7(5-20-11(10)14)6-2-3-8(13)9(4-6)15(17)18/h2-5H,14H2,1H3. The van der Waals surface area contributed by atoms with Crippen LogP contribution in [0.5, 0.6) is 0 Å². The summed E-state index contributed by atoms with van der Waals surface area (Å²) in [7, 11) is 1.20. The molecule has 0 aliphatic carbocycles. The number of hydrogen-bond acceptors (Lipinski definition) is 6. The van der Waals surface area contributed by atoms with Gasteiger partial charge in [0, 0.05) is 17.0 Å². The van der Waals surface area contributed by atoms with E-state index in [0.717, 1.165) is 23.5 Å². The molecule has 0 saturated carbocycles. The van der Waals surface area contributed by atoms with Crippen molar-refractivity contribution in [1.29, 1.82) is 0 Å². The molecular weight excluding hydrogens is 287 g/mol. The van der Waals surface area contributed by atoms with Crippen molar-refractivity contribution in [2.24, 2.45) is 0 Å². The van der Waals surface area contributed by atoms with E-state index in [9.17, 15) is 19.3 Å². The zero-order chi connectivity index (χ0) is 14.9. The van der Waals surface area contributed by atoms with Gasteiger partial charge in [-0.15, -0.1) is 11.3 Å². The number of anilines is 1. The van der Waals surface area contributed by atoms with E-state index in [4.69, 9.17) is 5.73 Å². The van der Waals surface area contributed by atoms with Crippen LogP contribution in [0.1, 0.15) is 10.4 Å². The number of nitro groups is 1. The highest BCUT2D eigenvalue weighted by atomic mass is 32.1. The van der Waals surface area contributed by atoms with Crippen LogP contribution in [0, 0.1) is 15.9 Å². The van der Waals surface area contributed by atoms with E-state index < -0.39 is 22.4 Å². The normalized spacial score (nSPS) is 10.3. The Morgan fingerprint density at radius 1 is 1.50 bits per heavy atom. The van der Waals surface area contributed by atoms with Crippen molar-refractivity contribution in [1.82, 2.24) is 0 Å². The van der Waals surface area contributed by atoms with Crippen LogP contribution in [0.25, 0.3) is 11.1 Å². The van der Waals surface area contributed by atoms with Crippen molar-refractivity contribution in [2.75, 3.05) is 12.8 Å². The number of halogens is 1. The highest BCUT2D eigenvalue weighted by Crippen LogP contribution is 2.36. The van der Waals surface area contributed by atoms with E-state index in [2.05, 4.69) is 4.74 Å². The lowest BCUT2D eigenvalue weighted by Gasteiger charge is -2.04. The van der Waals surface area contributed by atoms with Gasteiger partial charge in [-0.05, 0) is 11.6 Å². The quantitative estimate of drug-likeness (QED) is 0.534. The van der Waals surface area contributed by atoms with Crippen LogP contribution in [-0.2, 0) is 4.74 Å². The lowest BCUT2D eigenvalue weighted by Crippen LogP contribution is -2.04. The molecule has 1 aromatic heterocycles. The predicted molar refractivity (Wildman–Crippen MR) is 72.1 cm³/mol. The number of ether oxygens (including phenoxy) is 1. The molecule has 0 aliphatic heterocycles. The summed E-state index contributed by atoms with van der Waals surface area (Å²) in [5, 5.41) is 12.5. The second-order valence-corrected chi connectivity index (χ2v) is 4.71. The topological polar surface area (TPSA) is 95.5 Å². The van der Waals surface area contributed by atoms with Crippen LogP contribution >= 0.6 is 11.3 Å². The van der Waals surface area contributed by atoms with Gasteiger partial charge in [0.15, 0.2) is 0 Å². The van der Waals surface area contributed by atoms with Gasteiger partial charge in [0.2, 0.25) is 5.82 Å². The Morgan fingerprint density at radius 3 is 2.80 bits per heavy atom. The Labute approximate surface area is 116 Å². The number of methoxy groups -OCH3 is 1. The van der Waals surface area contributed by atoms with E-state index in [0.29, 0.717) is 11.1 Å². The average molecular weight is 296 g/mol. The molecule has 2 N–H and O–H groups in total. The number of carbonyl (C=O) groups excluding carboxylic acids is 1. The minimum Gasteiger partial charge on any atom is -0.465 e. The Hall–Kier alpha value is -2.48. The van der Waals surface area contributed by atoms with Gasteiger partial charge in [0.25, 0.3) is 0 Å². The lowest BCUT2D eigenvalue weighted by atomic mass is 10.0. The maximum Gasteiger partial charge on any atom is 0.341 e. The first kappa shape index (κ1) is 13.9. The summed E-state index contributed by atoms with van der Waals surface area (Å²) in [4.78, 5) is 21.6. The molecule has 0 spiro atoms. The van der Waals surface area contributed by atoms with Crippen LogP contribution in [0.4, 0.5) is 15.1 Å². The second kappa shape index (κ2) is 5.25. The molecular formula is C12H9FN2O4S. The lowest BCUT2D eigenvalue weighted by molar-refractivity contribution is -0.387. The first-order chi connectivity index (χ1) is 9.45. The number of carbonyl (C=O) groups is 1. The highest BCUT2D eigenvalue weighted by Gasteiger charge is 2.22. The molecule has 0 bridgehead atoms. The Bertz CT molecular complexity index is 699. The van der Waals surface area contributed by atoms with Gasteiger partial charge in [-0.1, -0.05) is 6.07 Å². The number of hydrogen-bond donors (Lipinski definition) is 1. The molecule has 0 radical (unpaired) electrons. The molecule has 2 aromatic rings. The van der Waals surface area contributed by atoms with E-state index in [1.807, 2.05) is 0 Å². The van der Waals surface area contributed by atoms with Gasteiger partial charge in [0.1, 0.15) is 10.6 Å². The first-order valence-electron chi connectivity index (χ1n) is 5.35. The summed E-state index contributed by atoms with van der Waals surface area (Å²) in [6, 6.07) is 3.38. The Morgan fingerprint density at radius 2 is 2.20 bits per heavy atom. The zero-order valence-corrected chi connectivity index (χ0v) is 11.1. The van der Waals surface area contributed by atoms with E-state index in [1.165, 1.54) is 13.2 Å². The summed E-state index contributed by atoms with van der Waals surface area (Å²) in [6.07, 6.45) is 0. The number of thiophene rings is 1. The summed E-state index contributed by atoms with van der Waals surface area (Å²) in [5.41, 5.74) is 5.86. The maximum absolute atomic E-state index is 13.3. The third kappa shape index (κ3) is 2.32. The molecule has 0 amide bonds. The van der Waals surface area contributed by atoms with Crippen LogP contribution < -0.4 is 5.73 Å². The van der Waals surface area contributed by atoms with Gasteiger partial charge in [-0.3, -0.25) is 10.1 Å². The van der Waals surface area contributed by atoms with Crippen molar-refractivity contribution < 1.29 is 18.8 Å². The van der Waals surface area contributed by atoms with Crippen LogP contribution in [0.15, 0.2) is 23.6 Å². The summed E-state index contributed by atoms with van der Waals surface area (Å²) < 4.78 is 17.9. The molecule has 0 saturated heterocycles. The van der Waals surface area contributed by atoms with Gasteiger partial charge in [0.05, 0.1) is 12.0 Å². The van der Waals surface area contributed by atoms with Crippen molar-refractivity contribution in [3.8, 4) is 11.1 Å². The minimum atomic E-state index is -0.943. The van der Waals surface area contributed by atoms with E-state index >= 15 is 0 Å². The number of nitrogens with zero attached hydrogens (tertiary/aromatic N) is 1. The zero-order valence-electron chi connectivity index (χ0n) is 10.3. The molecule has 1 aromatic carbocycles. The first-order valence-corrected chi connectivity index (χ1v) is 6.23. The van der Waals surface area contributed by atoms with Gasteiger partial charge in [-0.2, -0.15) is 4.39 Å². The van der Waals surface area contributed by atoms with Crippen molar-refractivity contribution >= 4 is 28.0 Å². The van der Waals surface area contributed by atoms with Crippen molar-refractivity contribution in [3.05, 3.63) is 45.1 Å². The van der Waals surface area contributed by atoms with Gasteiger partial charge >= 0.3 is 11.7 Å². The molecule has 0 aliphatic rings. The summed E-state index contributed by atoms with van der Waals surface area (Å²) >= 11 is 1.10. The Kier molecular flexibility index (Phi) is 3.66. The largest absolute Gasteiger partial charge is 0.465 e. The van der Waals surface area contributed by atoms with Crippen molar-refractivity contribution in [3.63, 3.8) is 0 Å². The number of rotatable bonds is 3. The smallest absolute Gasteiger partial charge is 0.341 e. The molecule has 0 atom stereocenters. The van der Waals surface area contributed by atoms with E-state index in [1.54, 1.807) is 5.38 Å². The van der Waals surface area contributed by atoms with Gasteiger partial charge in [-0.25, -0.2) is 4.79 Å².